The van der Waals surface area contributed by atoms with Gasteiger partial charge in [0.05, 0.1) is 26.3 Å². The highest BCUT2D eigenvalue weighted by atomic mass is 32.1. The zero-order valence-electron chi connectivity index (χ0n) is 18.3. The van der Waals surface area contributed by atoms with E-state index in [-0.39, 0.29) is 12.2 Å². The van der Waals surface area contributed by atoms with Crippen molar-refractivity contribution in [1.29, 1.82) is 0 Å². The predicted octanol–water partition coefficient (Wildman–Crippen LogP) is 5.72. The van der Waals surface area contributed by atoms with Crippen molar-refractivity contribution in [2.75, 3.05) is 14.2 Å². The number of nitrogens with zero attached hydrogens (tertiary/aromatic N) is 1. The molecule has 0 saturated heterocycles. The molecule has 5 nitrogen and oxygen atoms in total. The highest BCUT2D eigenvalue weighted by molar-refractivity contribution is 7.22. The third-order valence-corrected chi connectivity index (χ3v) is 6.98. The molecule has 0 saturated carbocycles. The standard InChI is InChI=1S/C27H21NO4S/c1-31-24-8-7-17(27(30)32-2)9-19(24)12-23(29)18-10-20-14-28-15-22(20)21(11-18)26-13-16-5-3-4-6-25(16)33-26/h3-11,13-14H,12,15H2,1-2H3. The summed E-state index contributed by atoms with van der Waals surface area (Å²) in [4.78, 5) is 30.9. The zero-order chi connectivity index (χ0) is 22.9. The van der Waals surface area contributed by atoms with Gasteiger partial charge in [-0.2, -0.15) is 0 Å². The Kier molecular flexibility index (Phi) is 5.52. The van der Waals surface area contributed by atoms with Crippen molar-refractivity contribution in [3.05, 3.63) is 88.5 Å². The van der Waals surface area contributed by atoms with Gasteiger partial charge in [0.2, 0.25) is 0 Å². The van der Waals surface area contributed by atoms with Gasteiger partial charge in [-0.05, 0) is 64.5 Å². The molecule has 0 amide bonds. The van der Waals surface area contributed by atoms with Gasteiger partial charge in [0, 0.05) is 33.3 Å². The fourth-order valence-corrected chi connectivity index (χ4v) is 5.26. The number of hydrogen-bond donors (Lipinski definition) is 0. The number of aliphatic imine (C=N–C) groups is 1. The van der Waals surface area contributed by atoms with E-state index in [1.807, 2.05) is 30.5 Å². The molecule has 3 aromatic carbocycles. The first-order valence-electron chi connectivity index (χ1n) is 10.5. The molecule has 0 atom stereocenters. The number of benzene rings is 3. The van der Waals surface area contributed by atoms with Crippen LogP contribution in [-0.2, 0) is 17.7 Å². The summed E-state index contributed by atoms with van der Waals surface area (Å²) in [6, 6.07) is 19.3. The van der Waals surface area contributed by atoms with E-state index in [0.29, 0.717) is 29.0 Å². The Balaban J connectivity index is 1.54. The molecule has 33 heavy (non-hydrogen) atoms. The highest BCUT2D eigenvalue weighted by Gasteiger charge is 2.20. The van der Waals surface area contributed by atoms with E-state index in [2.05, 4.69) is 23.2 Å². The van der Waals surface area contributed by atoms with Crippen LogP contribution in [0.5, 0.6) is 5.75 Å². The van der Waals surface area contributed by atoms with E-state index in [1.54, 1.807) is 36.6 Å². The number of methoxy groups -OCH3 is 2. The number of esters is 1. The number of ether oxygens (including phenoxy) is 2. The Bertz CT molecular complexity index is 1400. The Morgan fingerprint density at radius 1 is 1.00 bits per heavy atom. The fourth-order valence-electron chi connectivity index (χ4n) is 4.15. The van der Waals surface area contributed by atoms with Crippen molar-refractivity contribution in [3.63, 3.8) is 0 Å². The van der Waals surface area contributed by atoms with Crippen molar-refractivity contribution < 1.29 is 19.1 Å². The molecule has 1 aromatic heterocycles. The number of carbonyl (C=O) groups excluding carboxylic acids is 2. The first kappa shape index (κ1) is 21.1. The van der Waals surface area contributed by atoms with Crippen molar-refractivity contribution in [3.8, 4) is 16.2 Å². The van der Waals surface area contributed by atoms with Gasteiger partial charge in [-0.25, -0.2) is 4.79 Å². The second-order valence-electron chi connectivity index (χ2n) is 7.83. The third kappa shape index (κ3) is 3.94. The first-order chi connectivity index (χ1) is 16.1. The smallest absolute Gasteiger partial charge is 0.337 e. The van der Waals surface area contributed by atoms with Crippen molar-refractivity contribution in [2.45, 2.75) is 13.0 Å². The van der Waals surface area contributed by atoms with Gasteiger partial charge in [-0.1, -0.05) is 18.2 Å². The normalized spacial score (nSPS) is 12.1. The van der Waals surface area contributed by atoms with Gasteiger partial charge in [-0.15, -0.1) is 11.3 Å². The van der Waals surface area contributed by atoms with E-state index < -0.39 is 5.97 Å². The molecule has 4 aromatic rings. The Hall–Kier alpha value is -3.77. The lowest BCUT2D eigenvalue weighted by Crippen LogP contribution is -2.09. The van der Waals surface area contributed by atoms with Gasteiger partial charge < -0.3 is 9.47 Å². The van der Waals surface area contributed by atoms with Gasteiger partial charge >= 0.3 is 5.97 Å². The SMILES string of the molecule is COC(=O)c1ccc(OC)c(CC(=O)c2cc3c(c(-c4cc5ccccc5s4)c2)CN=C3)c1. The maximum atomic E-state index is 13.4. The number of carbonyl (C=O) groups is 2. The highest BCUT2D eigenvalue weighted by Crippen LogP contribution is 2.38. The van der Waals surface area contributed by atoms with E-state index in [0.717, 1.165) is 21.6 Å². The molecular formula is C27H21NO4S. The molecule has 6 heteroatoms. The summed E-state index contributed by atoms with van der Waals surface area (Å²) < 4.78 is 11.5. The summed E-state index contributed by atoms with van der Waals surface area (Å²) in [6.07, 6.45) is 1.94. The van der Waals surface area contributed by atoms with Crippen LogP contribution in [0.25, 0.3) is 20.5 Å². The molecule has 2 heterocycles. The lowest BCUT2D eigenvalue weighted by molar-refractivity contribution is 0.0600. The number of fused-ring (bicyclic) bond motifs is 2. The van der Waals surface area contributed by atoms with Crippen LogP contribution in [0.3, 0.4) is 0 Å². The summed E-state index contributed by atoms with van der Waals surface area (Å²) >= 11 is 1.72. The third-order valence-electron chi connectivity index (χ3n) is 5.83. The topological polar surface area (TPSA) is 65.0 Å². The maximum absolute atomic E-state index is 13.4. The van der Waals surface area contributed by atoms with Crippen molar-refractivity contribution in [1.82, 2.24) is 0 Å². The van der Waals surface area contributed by atoms with E-state index in [9.17, 15) is 9.59 Å². The molecule has 1 aliphatic rings. The van der Waals surface area contributed by atoms with Gasteiger partial charge in [-0.3, -0.25) is 9.79 Å². The van der Waals surface area contributed by atoms with Crippen LogP contribution < -0.4 is 4.74 Å². The summed E-state index contributed by atoms with van der Waals surface area (Å²) in [5.74, 6) is 0.0522. The molecule has 0 N–H and O–H groups in total. The average Bonchev–Trinajstić information content (AvgIpc) is 3.49. The number of ketones is 1. The van der Waals surface area contributed by atoms with Gasteiger partial charge in [0.25, 0.3) is 0 Å². The zero-order valence-corrected chi connectivity index (χ0v) is 19.1. The van der Waals surface area contributed by atoms with Crippen LogP contribution in [0.4, 0.5) is 0 Å². The van der Waals surface area contributed by atoms with Crippen LogP contribution >= 0.6 is 11.3 Å². The number of hydrogen-bond acceptors (Lipinski definition) is 6. The average molecular weight is 456 g/mol. The Morgan fingerprint density at radius 2 is 1.85 bits per heavy atom. The summed E-state index contributed by atoms with van der Waals surface area (Å²) in [5, 5.41) is 1.19. The minimum absolute atomic E-state index is 0.0548. The number of rotatable bonds is 6. The predicted molar refractivity (Wildman–Crippen MR) is 131 cm³/mol. The lowest BCUT2D eigenvalue weighted by atomic mass is 9.94. The molecular weight excluding hydrogens is 434 g/mol. The van der Waals surface area contributed by atoms with Gasteiger partial charge in [0.15, 0.2) is 5.78 Å². The second-order valence-corrected chi connectivity index (χ2v) is 8.91. The maximum Gasteiger partial charge on any atom is 0.337 e. The molecule has 5 rings (SSSR count). The molecule has 0 fully saturated rings. The van der Waals surface area contributed by atoms with Crippen LogP contribution in [-0.4, -0.2) is 32.2 Å². The Morgan fingerprint density at radius 3 is 2.64 bits per heavy atom. The lowest BCUT2D eigenvalue weighted by Gasteiger charge is -2.12. The monoisotopic (exact) mass is 455 g/mol. The molecule has 164 valence electrons. The Labute approximate surface area is 195 Å². The van der Waals surface area contributed by atoms with Crippen LogP contribution in [0.1, 0.15) is 37.4 Å². The van der Waals surface area contributed by atoms with Crippen LogP contribution in [0, 0.1) is 0 Å². The number of Topliss-reactive ketones (excluding diaryl/α,β-unsaturated/α-hetero) is 1. The quantitative estimate of drug-likeness (QED) is 0.275. The molecule has 0 unspecified atom stereocenters. The summed E-state index contributed by atoms with van der Waals surface area (Å²) in [6.45, 7) is 0.613. The molecule has 0 aliphatic carbocycles. The fraction of sp³-hybridized carbons (Fsp3) is 0.148. The summed E-state index contributed by atoms with van der Waals surface area (Å²) in [7, 11) is 2.88. The first-order valence-corrected chi connectivity index (χ1v) is 11.3. The minimum atomic E-state index is -0.452. The van der Waals surface area contributed by atoms with Crippen LogP contribution in [0.2, 0.25) is 0 Å². The minimum Gasteiger partial charge on any atom is -0.496 e. The summed E-state index contributed by atoms with van der Waals surface area (Å²) in [5.41, 5.74) is 4.80. The van der Waals surface area contributed by atoms with Crippen LogP contribution in [0.15, 0.2) is 65.7 Å². The van der Waals surface area contributed by atoms with E-state index >= 15 is 0 Å². The van der Waals surface area contributed by atoms with E-state index in [4.69, 9.17) is 9.47 Å². The molecule has 0 radical (unpaired) electrons. The van der Waals surface area contributed by atoms with E-state index in [1.165, 1.54) is 17.2 Å². The molecule has 0 spiro atoms. The molecule has 1 aliphatic heterocycles. The van der Waals surface area contributed by atoms with Crippen molar-refractivity contribution >= 4 is 39.4 Å². The molecule has 0 bridgehead atoms. The second kappa shape index (κ2) is 8.64. The van der Waals surface area contributed by atoms with Gasteiger partial charge in [0.1, 0.15) is 5.75 Å². The van der Waals surface area contributed by atoms with Crippen molar-refractivity contribution in [2.24, 2.45) is 4.99 Å². The number of thiophene rings is 1. The largest absolute Gasteiger partial charge is 0.496 e.